The Morgan fingerprint density at radius 3 is 2.45 bits per heavy atom. The number of hydrogen-bond donors (Lipinski definition) is 1. The van der Waals surface area contributed by atoms with E-state index in [0.29, 0.717) is 0 Å². The Hall–Kier alpha value is -1.86. The summed E-state index contributed by atoms with van der Waals surface area (Å²) in [5.41, 5.74) is -0.249. The minimum Gasteiger partial charge on any atom is -0.452 e. The van der Waals surface area contributed by atoms with Crippen molar-refractivity contribution in [3.05, 3.63) is 33.6 Å². The van der Waals surface area contributed by atoms with Crippen LogP contribution >= 0.6 is 23.2 Å². The molecule has 1 aromatic rings. The van der Waals surface area contributed by atoms with Crippen LogP contribution in [0.1, 0.15) is 10.4 Å². The van der Waals surface area contributed by atoms with Crippen LogP contribution in [-0.4, -0.2) is 49.9 Å². The normalized spacial score (nSPS) is 10.0. The first-order valence-electron chi connectivity index (χ1n) is 6.01. The van der Waals surface area contributed by atoms with Crippen molar-refractivity contribution in [3.63, 3.8) is 0 Å². The highest BCUT2D eigenvalue weighted by molar-refractivity contribution is 6.36. The highest BCUT2D eigenvalue weighted by Gasteiger charge is 2.17. The molecule has 0 saturated heterocycles. The molecule has 1 aromatic carbocycles. The van der Waals surface area contributed by atoms with Crippen molar-refractivity contribution in [2.75, 3.05) is 27.2 Å². The molecule has 120 valence electrons. The monoisotopic (exact) mass is 350 g/mol. The van der Waals surface area contributed by atoms with Gasteiger partial charge in [-0.15, -0.1) is 0 Å². The predicted octanol–water partition coefficient (Wildman–Crippen LogP) is 1.49. The van der Waals surface area contributed by atoms with Crippen LogP contribution in [0.4, 0.5) is 4.39 Å². The van der Waals surface area contributed by atoms with Gasteiger partial charge in [0.15, 0.2) is 6.61 Å². The van der Waals surface area contributed by atoms with Crippen molar-refractivity contribution in [1.29, 1.82) is 0 Å². The van der Waals surface area contributed by atoms with E-state index in [4.69, 9.17) is 23.2 Å². The second-order valence-corrected chi connectivity index (χ2v) is 5.20. The number of carbonyl (C=O) groups is 3. The number of hydrogen-bond acceptors (Lipinski definition) is 4. The van der Waals surface area contributed by atoms with Crippen LogP contribution in [0.25, 0.3) is 0 Å². The van der Waals surface area contributed by atoms with Crippen molar-refractivity contribution in [2.24, 2.45) is 0 Å². The molecule has 0 fully saturated rings. The lowest BCUT2D eigenvalue weighted by atomic mass is 10.2. The standard InChI is InChI=1S/C13H13Cl2FN2O4/c1-18(2)12(20)5-17-11(19)6-22-13(21)7-3-10(16)9(15)4-8(7)14/h3-4H,5-6H2,1-2H3,(H,17,19). The molecule has 0 aliphatic rings. The van der Waals surface area contributed by atoms with Gasteiger partial charge in [-0.1, -0.05) is 23.2 Å². The van der Waals surface area contributed by atoms with Gasteiger partial charge in [0.2, 0.25) is 5.91 Å². The van der Waals surface area contributed by atoms with Crippen molar-refractivity contribution in [2.45, 2.75) is 0 Å². The van der Waals surface area contributed by atoms with Crippen LogP contribution in [0.2, 0.25) is 10.0 Å². The molecule has 9 heteroatoms. The van der Waals surface area contributed by atoms with Crippen LogP contribution < -0.4 is 5.32 Å². The van der Waals surface area contributed by atoms with E-state index in [1.165, 1.54) is 19.0 Å². The number of halogens is 3. The Morgan fingerprint density at radius 1 is 1.23 bits per heavy atom. The van der Waals surface area contributed by atoms with Gasteiger partial charge < -0.3 is 15.0 Å². The summed E-state index contributed by atoms with van der Waals surface area (Å²) in [6.07, 6.45) is 0. The summed E-state index contributed by atoms with van der Waals surface area (Å²) in [5, 5.41) is 1.94. The number of likely N-dealkylation sites (N-methyl/N-ethyl adjacent to an activating group) is 1. The molecule has 0 radical (unpaired) electrons. The number of nitrogens with zero attached hydrogens (tertiary/aromatic N) is 1. The summed E-state index contributed by atoms with van der Waals surface area (Å²) in [6.45, 7) is -0.847. The highest BCUT2D eigenvalue weighted by Crippen LogP contribution is 2.24. The molecule has 0 bridgehead atoms. The molecule has 0 heterocycles. The van der Waals surface area contributed by atoms with E-state index in [0.717, 1.165) is 12.1 Å². The molecular formula is C13H13Cl2FN2O4. The van der Waals surface area contributed by atoms with Crippen molar-refractivity contribution in [1.82, 2.24) is 10.2 Å². The van der Waals surface area contributed by atoms with Crippen LogP contribution in [0, 0.1) is 5.82 Å². The van der Waals surface area contributed by atoms with Gasteiger partial charge in [0.05, 0.1) is 22.2 Å². The van der Waals surface area contributed by atoms with Gasteiger partial charge >= 0.3 is 5.97 Å². The minimum absolute atomic E-state index is 0.0976. The third kappa shape index (κ3) is 5.16. The third-order valence-electron chi connectivity index (χ3n) is 2.50. The van der Waals surface area contributed by atoms with Crippen LogP contribution in [0.15, 0.2) is 12.1 Å². The Kier molecular flexibility index (Phi) is 6.58. The molecular weight excluding hydrogens is 338 g/mol. The number of nitrogens with one attached hydrogen (secondary N) is 1. The molecule has 2 amide bonds. The van der Waals surface area contributed by atoms with Crippen LogP contribution in [-0.2, 0) is 14.3 Å². The van der Waals surface area contributed by atoms with Gasteiger partial charge in [-0.3, -0.25) is 9.59 Å². The van der Waals surface area contributed by atoms with E-state index >= 15 is 0 Å². The summed E-state index contributed by atoms with van der Waals surface area (Å²) in [4.78, 5) is 35.7. The van der Waals surface area contributed by atoms with Crippen molar-refractivity contribution >= 4 is 41.0 Å². The maximum Gasteiger partial charge on any atom is 0.340 e. The smallest absolute Gasteiger partial charge is 0.340 e. The second kappa shape index (κ2) is 7.95. The summed E-state index contributed by atoms with van der Waals surface area (Å²) in [6, 6.07) is 1.88. The SMILES string of the molecule is CN(C)C(=O)CNC(=O)COC(=O)c1cc(F)c(Cl)cc1Cl. The fourth-order valence-corrected chi connectivity index (χ4v) is 1.73. The number of rotatable bonds is 5. The molecule has 0 unspecified atom stereocenters. The zero-order valence-corrected chi connectivity index (χ0v) is 13.3. The quantitative estimate of drug-likeness (QED) is 0.644. The fourth-order valence-electron chi connectivity index (χ4n) is 1.27. The van der Waals surface area contributed by atoms with Gasteiger partial charge in [0.1, 0.15) is 5.82 Å². The fraction of sp³-hybridized carbons (Fsp3) is 0.308. The molecule has 22 heavy (non-hydrogen) atoms. The zero-order chi connectivity index (χ0) is 16.9. The van der Waals surface area contributed by atoms with E-state index in [9.17, 15) is 18.8 Å². The average Bonchev–Trinajstić information content (AvgIpc) is 2.45. The van der Waals surface area contributed by atoms with E-state index in [-0.39, 0.29) is 28.1 Å². The van der Waals surface area contributed by atoms with Crippen LogP contribution in [0.3, 0.4) is 0 Å². The number of amides is 2. The van der Waals surface area contributed by atoms with Crippen LogP contribution in [0.5, 0.6) is 0 Å². The maximum atomic E-state index is 13.3. The van der Waals surface area contributed by atoms with E-state index < -0.39 is 24.3 Å². The first-order valence-corrected chi connectivity index (χ1v) is 6.76. The van der Waals surface area contributed by atoms with E-state index in [2.05, 4.69) is 10.1 Å². The molecule has 0 saturated carbocycles. The number of esters is 1. The molecule has 0 atom stereocenters. The largest absolute Gasteiger partial charge is 0.452 e. The van der Waals surface area contributed by atoms with Gasteiger partial charge in [-0.05, 0) is 12.1 Å². The Bertz CT molecular complexity index is 608. The lowest BCUT2D eigenvalue weighted by Gasteiger charge is -2.11. The summed E-state index contributed by atoms with van der Waals surface area (Å²) < 4.78 is 18.0. The molecule has 1 rings (SSSR count). The highest BCUT2D eigenvalue weighted by atomic mass is 35.5. The predicted molar refractivity (Wildman–Crippen MR) is 78.4 cm³/mol. The van der Waals surface area contributed by atoms with Gasteiger partial charge in [-0.25, -0.2) is 9.18 Å². The minimum atomic E-state index is -0.977. The Balaban J connectivity index is 2.54. The topological polar surface area (TPSA) is 75.7 Å². The first-order chi connectivity index (χ1) is 10.2. The van der Waals surface area contributed by atoms with Gasteiger partial charge in [0, 0.05) is 14.1 Å². The first kappa shape index (κ1) is 18.2. The van der Waals surface area contributed by atoms with Gasteiger partial charge in [-0.2, -0.15) is 0 Å². The number of benzene rings is 1. The average molecular weight is 351 g/mol. The second-order valence-electron chi connectivity index (χ2n) is 4.39. The van der Waals surface area contributed by atoms with Gasteiger partial charge in [0.25, 0.3) is 5.91 Å². The number of carbonyl (C=O) groups excluding carboxylic acids is 3. The molecule has 6 nitrogen and oxygen atoms in total. The zero-order valence-electron chi connectivity index (χ0n) is 11.8. The lowest BCUT2D eigenvalue weighted by molar-refractivity contribution is -0.131. The van der Waals surface area contributed by atoms with Crippen molar-refractivity contribution < 1.29 is 23.5 Å². The molecule has 0 aromatic heterocycles. The Morgan fingerprint density at radius 2 is 1.86 bits per heavy atom. The summed E-state index contributed by atoms with van der Waals surface area (Å²) in [5.74, 6) is -2.80. The lowest BCUT2D eigenvalue weighted by Crippen LogP contribution is -2.38. The molecule has 0 aliphatic carbocycles. The Labute approximate surface area is 136 Å². The molecule has 0 aliphatic heterocycles. The van der Waals surface area contributed by atoms with Crippen molar-refractivity contribution in [3.8, 4) is 0 Å². The number of ether oxygens (including phenoxy) is 1. The maximum absolute atomic E-state index is 13.3. The third-order valence-corrected chi connectivity index (χ3v) is 3.10. The van der Waals surface area contributed by atoms with E-state index in [1.54, 1.807) is 0 Å². The molecule has 1 N–H and O–H groups in total. The summed E-state index contributed by atoms with van der Waals surface area (Å²) in [7, 11) is 3.07. The summed E-state index contributed by atoms with van der Waals surface area (Å²) >= 11 is 11.2. The molecule has 0 spiro atoms. The van der Waals surface area contributed by atoms with E-state index in [1.807, 2.05) is 0 Å².